The van der Waals surface area contributed by atoms with Crippen LogP contribution in [0.25, 0.3) is 0 Å². The Morgan fingerprint density at radius 2 is 1.82 bits per heavy atom. The zero-order valence-electron chi connectivity index (χ0n) is 15.2. The van der Waals surface area contributed by atoms with Gasteiger partial charge in [0.25, 0.3) is 5.69 Å². The van der Waals surface area contributed by atoms with Crippen LogP contribution in [0.2, 0.25) is 10.0 Å². The molecule has 1 heterocycles. The topological polar surface area (TPSA) is 75.9 Å². The van der Waals surface area contributed by atoms with E-state index in [-0.39, 0.29) is 11.7 Å². The van der Waals surface area contributed by atoms with Crippen LogP contribution in [0.5, 0.6) is 0 Å². The van der Waals surface area contributed by atoms with Gasteiger partial charge in [-0.3, -0.25) is 15.0 Å². The van der Waals surface area contributed by atoms with Crippen molar-refractivity contribution in [2.24, 2.45) is 0 Å². The average molecular weight is 424 g/mol. The van der Waals surface area contributed by atoms with E-state index in [0.29, 0.717) is 47.5 Å². The fourth-order valence-corrected chi connectivity index (χ4v) is 3.82. The fourth-order valence-electron chi connectivity index (χ4n) is 3.41. The van der Waals surface area contributed by atoms with Gasteiger partial charge in [0.2, 0.25) is 0 Å². The average Bonchev–Trinajstić information content (AvgIpc) is 2.70. The molecule has 148 valence electrons. The van der Waals surface area contributed by atoms with Gasteiger partial charge in [-0.25, -0.2) is 4.79 Å². The van der Waals surface area contributed by atoms with Crippen LogP contribution in [0.3, 0.4) is 0 Å². The molecule has 3 rings (SSSR count). The Kier molecular flexibility index (Phi) is 6.39. The quantitative estimate of drug-likeness (QED) is 0.411. The van der Waals surface area contributed by atoms with Crippen LogP contribution in [0.4, 0.5) is 11.4 Å². The van der Waals surface area contributed by atoms with E-state index in [1.807, 2.05) is 15.9 Å². The summed E-state index contributed by atoms with van der Waals surface area (Å²) >= 11 is 12.2. The third kappa shape index (κ3) is 4.22. The number of benzene rings is 2. The van der Waals surface area contributed by atoms with Crippen LogP contribution in [-0.4, -0.2) is 49.1 Å². The summed E-state index contributed by atoms with van der Waals surface area (Å²) in [5.41, 5.74) is 1.17. The first-order valence-corrected chi connectivity index (χ1v) is 9.43. The van der Waals surface area contributed by atoms with Crippen molar-refractivity contribution in [2.75, 3.05) is 38.2 Å². The molecule has 1 aliphatic heterocycles. The molecule has 2 aromatic rings. The summed E-state index contributed by atoms with van der Waals surface area (Å²) in [6, 6.07) is 11.2. The number of hydrogen-bond donors (Lipinski definition) is 0. The lowest BCUT2D eigenvalue weighted by Crippen LogP contribution is -2.49. The molecule has 0 radical (unpaired) electrons. The number of nitro benzene ring substituents is 1. The van der Waals surface area contributed by atoms with Gasteiger partial charge in [-0.1, -0.05) is 41.4 Å². The summed E-state index contributed by atoms with van der Waals surface area (Å²) in [7, 11) is 1.35. The lowest BCUT2D eigenvalue weighted by Gasteiger charge is -2.39. The fraction of sp³-hybridized carbons (Fsp3) is 0.316. The zero-order valence-corrected chi connectivity index (χ0v) is 16.7. The molecule has 1 saturated heterocycles. The van der Waals surface area contributed by atoms with Gasteiger partial charge in [0, 0.05) is 42.3 Å². The second-order valence-electron chi connectivity index (χ2n) is 6.36. The summed E-state index contributed by atoms with van der Waals surface area (Å²) < 4.78 is 4.99. The van der Waals surface area contributed by atoms with Crippen molar-refractivity contribution in [1.29, 1.82) is 0 Å². The number of nitro groups is 1. The third-order valence-corrected chi connectivity index (χ3v) is 5.36. The highest BCUT2D eigenvalue weighted by atomic mass is 35.5. The van der Waals surface area contributed by atoms with Gasteiger partial charge in [-0.05, 0) is 23.8 Å². The van der Waals surface area contributed by atoms with Gasteiger partial charge in [0.05, 0.1) is 12.0 Å². The summed E-state index contributed by atoms with van der Waals surface area (Å²) in [6.45, 7) is 2.07. The van der Waals surface area contributed by atoms with Crippen molar-refractivity contribution in [3.05, 3.63) is 68.2 Å². The van der Waals surface area contributed by atoms with Crippen LogP contribution in [-0.2, 0) is 9.53 Å². The minimum Gasteiger partial charge on any atom is -0.468 e. The highest BCUT2D eigenvalue weighted by Gasteiger charge is 2.33. The minimum absolute atomic E-state index is 0.0310. The Balaban J connectivity index is 1.81. The van der Waals surface area contributed by atoms with Gasteiger partial charge >= 0.3 is 5.97 Å². The maximum absolute atomic E-state index is 12.5. The monoisotopic (exact) mass is 423 g/mol. The molecule has 0 amide bonds. The Morgan fingerprint density at radius 1 is 1.14 bits per heavy atom. The number of piperazine rings is 1. The summed E-state index contributed by atoms with van der Waals surface area (Å²) in [6.07, 6.45) is 0. The Bertz CT molecular complexity index is 885. The summed E-state index contributed by atoms with van der Waals surface area (Å²) in [5.74, 6) is -0.390. The van der Waals surface area contributed by atoms with Gasteiger partial charge in [0.15, 0.2) is 0 Å². The van der Waals surface area contributed by atoms with E-state index in [4.69, 9.17) is 27.9 Å². The number of nitrogens with zero attached hydrogens (tertiary/aromatic N) is 3. The molecule has 7 nitrogen and oxygen atoms in total. The molecule has 0 spiro atoms. The second-order valence-corrected chi connectivity index (χ2v) is 7.20. The summed E-state index contributed by atoms with van der Waals surface area (Å²) in [5, 5.41) is 12.2. The van der Waals surface area contributed by atoms with E-state index < -0.39 is 11.0 Å². The van der Waals surface area contributed by atoms with Gasteiger partial charge in [-0.2, -0.15) is 0 Å². The Labute approximate surface area is 172 Å². The number of rotatable bonds is 5. The van der Waals surface area contributed by atoms with E-state index in [0.717, 1.165) is 0 Å². The maximum Gasteiger partial charge on any atom is 0.327 e. The number of esters is 1. The molecule has 9 heteroatoms. The van der Waals surface area contributed by atoms with Crippen molar-refractivity contribution in [1.82, 2.24) is 4.90 Å². The van der Waals surface area contributed by atoms with Crippen molar-refractivity contribution >= 4 is 40.5 Å². The summed E-state index contributed by atoms with van der Waals surface area (Å²) in [4.78, 5) is 27.3. The largest absolute Gasteiger partial charge is 0.468 e. The predicted octanol–water partition coefficient (Wildman–Crippen LogP) is 3.94. The lowest BCUT2D eigenvalue weighted by molar-refractivity contribution is -0.384. The van der Waals surface area contributed by atoms with Gasteiger partial charge < -0.3 is 9.64 Å². The molecule has 0 aliphatic carbocycles. The Morgan fingerprint density at radius 3 is 2.43 bits per heavy atom. The SMILES string of the molecule is COC(=O)[C@H](c1ccccc1Cl)N1CCN(c2ccc(Cl)cc2[N+](=O)[O-])CC1. The molecule has 0 N–H and O–H groups in total. The second kappa shape index (κ2) is 8.77. The Hall–Kier alpha value is -2.35. The highest BCUT2D eigenvalue weighted by Crippen LogP contribution is 2.34. The van der Waals surface area contributed by atoms with Crippen LogP contribution >= 0.6 is 23.2 Å². The minimum atomic E-state index is -0.624. The molecule has 0 saturated carbocycles. The standard InChI is InChI=1S/C19H19Cl2N3O4/c1-28-19(25)18(14-4-2-3-5-15(14)21)23-10-8-22(9-11-23)16-7-6-13(20)12-17(16)24(26)27/h2-7,12,18H,8-11H2,1H3/t18-/m0/s1. The maximum atomic E-state index is 12.5. The molecular weight excluding hydrogens is 405 g/mol. The number of ether oxygens (including phenoxy) is 1. The molecule has 1 fully saturated rings. The first-order chi connectivity index (χ1) is 13.4. The number of methoxy groups -OCH3 is 1. The third-order valence-electron chi connectivity index (χ3n) is 4.78. The van der Waals surface area contributed by atoms with Gasteiger partial charge in [-0.15, -0.1) is 0 Å². The molecule has 1 aliphatic rings. The first-order valence-electron chi connectivity index (χ1n) is 8.67. The molecule has 2 aromatic carbocycles. The highest BCUT2D eigenvalue weighted by molar-refractivity contribution is 6.31. The number of hydrogen-bond acceptors (Lipinski definition) is 6. The number of halogens is 2. The van der Waals surface area contributed by atoms with Crippen molar-refractivity contribution < 1.29 is 14.5 Å². The zero-order chi connectivity index (χ0) is 20.3. The van der Waals surface area contributed by atoms with Crippen LogP contribution < -0.4 is 4.90 Å². The predicted molar refractivity (Wildman–Crippen MR) is 108 cm³/mol. The normalized spacial score (nSPS) is 15.9. The van der Waals surface area contributed by atoms with E-state index in [9.17, 15) is 14.9 Å². The molecule has 0 bridgehead atoms. The molecule has 0 aromatic heterocycles. The molecule has 1 atom stereocenters. The number of anilines is 1. The van der Waals surface area contributed by atoms with Crippen molar-refractivity contribution in [2.45, 2.75) is 6.04 Å². The van der Waals surface area contributed by atoms with Crippen LogP contribution in [0.1, 0.15) is 11.6 Å². The smallest absolute Gasteiger partial charge is 0.327 e. The van der Waals surface area contributed by atoms with Crippen molar-refractivity contribution in [3.8, 4) is 0 Å². The van der Waals surface area contributed by atoms with E-state index in [2.05, 4.69) is 0 Å². The van der Waals surface area contributed by atoms with Gasteiger partial charge in [0.1, 0.15) is 11.7 Å². The molecule has 0 unspecified atom stereocenters. The van der Waals surface area contributed by atoms with E-state index in [1.165, 1.54) is 13.2 Å². The van der Waals surface area contributed by atoms with E-state index in [1.54, 1.807) is 30.3 Å². The van der Waals surface area contributed by atoms with Crippen LogP contribution in [0, 0.1) is 10.1 Å². The lowest BCUT2D eigenvalue weighted by atomic mass is 10.0. The number of carbonyl (C=O) groups excluding carboxylic acids is 1. The van der Waals surface area contributed by atoms with E-state index >= 15 is 0 Å². The molecular formula is C19H19Cl2N3O4. The number of carbonyl (C=O) groups is 1. The molecule has 28 heavy (non-hydrogen) atoms. The van der Waals surface area contributed by atoms with Crippen LogP contribution in [0.15, 0.2) is 42.5 Å². The first kappa shape index (κ1) is 20.4. The van der Waals surface area contributed by atoms with Crippen molar-refractivity contribution in [3.63, 3.8) is 0 Å².